The Bertz CT molecular complexity index is 2930. The molecular weight excluding hydrogens is 1000 g/mol. The van der Waals surface area contributed by atoms with Crippen LogP contribution in [0, 0.1) is 11.8 Å². The maximum atomic E-state index is 14.1. The first-order valence-electron chi connectivity index (χ1n) is 24.7. The minimum absolute atomic E-state index is 0.0216. The Labute approximate surface area is 432 Å². The summed E-state index contributed by atoms with van der Waals surface area (Å²) in [6, 6.07) is 7.82. The average molecular weight is 1060 g/mol. The van der Waals surface area contributed by atoms with E-state index >= 15 is 0 Å². The second-order valence-electron chi connectivity index (χ2n) is 19.9. The predicted octanol–water partition coefficient (Wildman–Crippen LogP) is 2.59. The number of piperazine rings is 1. The smallest absolute Gasteiger partial charge is 0.336 e. The van der Waals surface area contributed by atoms with Crippen LogP contribution in [-0.4, -0.2) is 171 Å². The summed E-state index contributed by atoms with van der Waals surface area (Å²) in [5.41, 5.74) is -3.88. The summed E-state index contributed by atoms with van der Waals surface area (Å²) in [5, 5.41) is 87.1. The molecule has 3 aliphatic heterocycles. The minimum atomic E-state index is -2.33. The highest BCUT2D eigenvalue weighted by Crippen LogP contribution is 2.53. The zero-order valence-electron chi connectivity index (χ0n) is 41.1. The number of aromatic hydroxyl groups is 6. The van der Waals surface area contributed by atoms with Gasteiger partial charge in [0, 0.05) is 99.1 Å². The number of phenols is 2. The lowest BCUT2D eigenvalue weighted by molar-refractivity contribution is -0.248. The third kappa shape index (κ3) is 9.02. The van der Waals surface area contributed by atoms with Crippen LogP contribution in [-0.2, 0) is 46.3 Å². The van der Waals surface area contributed by atoms with Crippen molar-refractivity contribution in [2.75, 3.05) is 39.7 Å². The molecule has 6 aliphatic rings. The van der Waals surface area contributed by atoms with Gasteiger partial charge in [-0.25, -0.2) is 4.79 Å². The highest BCUT2D eigenvalue weighted by molar-refractivity contribution is 7.99. The van der Waals surface area contributed by atoms with Crippen molar-refractivity contribution in [2.45, 2.75) is 118 Å². The first kappa shape index (κ1) is 52.1. The van der Waals surface area contributed by atoms with Crippen LogP contribution in [0.25, 0.3) is 0 Å². The largest absolute Gasteiger partial charge is 0.507 e. The number of fused-ring (bicyclic) bond motifs is 6. The number of nitrogens with zero attached hydrogens (tertiary/aromatic N) is 4. The molecular formula is C51H58N4O19S. The van der Waals surface area contributed by atoms with Crippen LogP contribution in [0.1, 0.15) is 101 Å². The SMILES string of the molecule is COc1cccc2c1C(=O)c1c(O)c3c(c(O)c1C2=O)C[C@@](O)(C(=O)CO)C[C@@H]3O[C@H]1C[C@H]2[C@H](O[C@@H]3[C@@H](OC)N(C(=O)CCSc4cc(O)n(CC5CCC(C(=O)On6c(O)ccc6O)CC5)c4O)CCN32)[C@H](C)O1. The van der Waals surface area contributed by atoms with Gasteiger partial charge in [0.2, 0.25) is 29.3 Å². The Kier molecular flexibility index (Phi) is 14.1. The highest BCUT2D eigenvalue weighted by atomic mass is 32.2. The molecule has 10 rings (SSSR count). The van der Waals surface area contributed by atoms with E-state index < -0.39 is 126 Å². The molecule has 75 heavy (non-hydrogen) atoms. The summed E-state index contributed by atoms with van der Waals surface area (Å²) in [6.45, 7) is 1.58. The second-order valence-corrected chi connectivity index (χ2v) is 21.0. The van der Waals surface area contributed by atoms with Crippen molar-refractivity contribution in [2.24, 2.45) is 11.8 Å². The van der Waals surface area contributed by atoms with E-state index in [-0.39, 0.29) is 89.3 Å². The van der Waals surface area contributed by atoms with Gasteiger partial charge in [0.15, 0.2) is 36.2 Å². The number of carbonyl (C=O) groups is 5. The van der Waals surface area contributed by atoms with E-state index in [4.69, 9.17) is 28.5 Å². The van der Waals surface area contributed by atoms with Gasteiger partial charge in [0.05, 0.1) is 46.8 Å². The quantitative estimate of drug-likeness (QED) is 0.0585. The molecule has 0 unspecified atom stereocenters. The van der Waals surface area contributed by atoms with Crippen molar-refractivity contribution >= 4 is 41.0 Å². The van der Waals surface area contributed by atoms with Crippen molar-refractivity contribution in [3.8, 4) is 40.8 Å². The molecule has 2 aromatic heterocycles. The van der Waals surface area contributed by atoms with Crippen LogP contribution in [0.15, 0.2) is 41.3 Å². The number of ether oxygens (including phenoxy) is 5. The lowest BCUT2D eigenvalue weighted by Crippen LogP contribution is -2.62. The molecule has 8 N–H and O–H groups in total. The highest BCUT2D eigenvalue weighted by Gasteiger charge is 2.56. The van der Waals surface area contributed by atoms with Crippen LogP contribution in [0.3, 0.4) is 0 Å². The number of carbonyl (C=O) groups excluding carboxylic acids is 5. The molecule has 2 aromatic carbocycles. The molecule has 1 saturated carbocycles. The third-order valence-electron chi connectivity index (χ3n) is 15.6. The summed E-state index contributed by atoms with van der Waals surface area (Å²) >= 11 is 1.20. The molecule has 8 atom stereocenters. The number of phenolic OH excluding ortho intramolecular Hbond substituents is 2. The first-order chi connectivity index (χ1) is 35.9. The summed E-state index contributed by atoms with van der Waals surface area (Å²) in [4.78, 5) is 77.1. The molecule has 3 aliphatic carbocycles. The van der Waals surface area contributed by atoms with E-state index in [1.165, 1.54) is 66.9 Å². The summed E-state index contributed by atoms with van der Waals surface area (Å²) in [5.74, 6) is -6.09. The number of amides is 1. The number of aliphatic hydroxyl groups is 2. The first-order valence-corrected chi connectivity index (χ1v) is 25.7. The van der Waals surface area contributed by atoms with Gasteiger partial charge in [0.1, 0.15) is 35.6 Å². The van der Waals surface area contributed by atoms with Crippen LogP contribution < -0.4 is 9.57 Å². The fourth-order valence-electron chi connectivity index (χ4n) is 11.9. The Balaban J connectivity index is 0.782. The number of methoxy groups -OCH3 is 2. The monoisotopic (exact) mass is 1060 g/mol. The molecule has 3 saturated heterocycles. The van der Waals surface area contributed by atoms with Crippen LogP contribution >= 0.6 is 11.8 Å². The molecule has 1 amide bonds. The predicted molar refractivity (Wildman–Crippen MR) is 257 cm³/mol. The number of Topliss-reactive ketones (excluding diaryl/α,β-unsaturated/α-hetero) is 1. The zero-order chi connectivity index (χ0) is 53.4. The molecule has 5 heterocycles. The van der Waals surface area contributed by atoms with Crippen molar-refractivity contribution in [3.05, 3.63) is 69.8 Å². The number of ketones is 3. The van der Waals surface area contributed by atoms with Gasteiger partial charge in [-0.2, -0.15) is 0 Å². The van der Waals surface area contributed by atoms with E-state index in [1.54, 1.807) is 11.8 Å². The van der Waals surface area contributed by atoms with Crippen molar-refractivity contribution in [3.63, 3.8) is 0 Å². The fraction of sp³-hybridized carbons (Fsp3) is 0.510. The maximum Gasteiger partial charge on any atom is 0.336 e. The van der Waals surface area contributed by atoms with Gasteiger partial charge in [-0.1, -0.05) is 12.1 Å². The van der Waals surface area contributed by atoms with Crippen molar-refractivity contribution < 1.29 is 93.3 Å². The topological polar surface area (TPSA) is 319 Å². The Morgan fingerprint density at radius 1 is 0.880 bits per heavy atom. The normalized spacial score (nSPS) is 28.2. The number of aromatic nitrogens is 2. The third-order valence-corrected chi connectivity index (χ3v) is 16.7. The summed E-state index contributed by atoms with van der Waals surface area (Å²) < 4.78 is 32.8. The standard InChI is InChI=1S/C51H58N4O19S/c1-23-46-28(17-37(71-23)72-30-20-51(68,32(57)22-56)19-27-39(30)45(65)41-40(43(27)63)42(62)26-5-4-6-29(69-2)38(26)44(41)64)52-14-15-53(48(70-3)49(52)73-46)33(58)13-16-75-31-18-36(61)54(47(31)66)21-24-7-9-25(10-8-24)50(67)74-55-34(59)11-12-35(55)60/h4-6,11-12,18,23-25,28,30,37,46,48-49,56,59-61,63,65-66,68H,7-10,13-17,19-22H2,1-3H3/t23-,24?,25?,28-,30-,37-,46+,48+,49+,51-/m0/s1. The Morgan fingerprint density at radius 3 is 2.29 bits per heavy atom. The molecule has 23 nitrogen and oxygen atoms in total. The van der Waals surface area contributed by atoms with Crippen molar-refractivity contribution in [1.82, 2.24) is 19.1 Å². The van der Waals surface area contributed by atoms with E-state index in [0.29, 0.717) is 41.9 Å². The molecule has 0 spiro atoms. The number of hydrogen-bond donors (Lipinski definition) is 8. The second kappa shape index (κ2) is 20.3. The molecule has 0 radical (unpaired) electrons. The van der Waals surface area contributed by atoms with E-state index in [2.05, 4.69) is 0 Å². The average Bonchev–Trinajstić information content (AvgIpc) is 4.02. The van der Waals surface area contributed by atoms with Crippen LogP contribution in [0.4, 0.5) is 0 Å². The number of benzene rings is 2. The van der Waals surface area contributed by atoms with Gasteiger partial charge in [0.25, 0.3) is 0 Å². The number of aliphatic hydroxyl groups excluding tert-OH is 1. The summed E-state index contributed by atoms with van der Waals surface area (Å²) in [7, 11) is 2.78. The molecule has 402 valence electrons. The van der Waals surface area contributed by atoms with Gasteiger partial charge in [-0.15, -0.1) is 16.5 Å². The van der Waals surface area contributed by atoms with Gasteiger partial charge < -0.3 is 74.3 Å². The summed E-state index contributed by atoms with van der Waals surface area (Å²) in [6.07, 6.45) is -4.13. The Hall–Kier alpha value is -6.38. The van der Waals surface area contributed by atoms with E-state index in [0.717, 1.165) is 0 Å². The molecule has 4 aromatic rings. The Morgan fingerprint density at radius 2 is 1.60 bits per heavy atom. The number of thioether (sulfide) groups is 1. The molecule has 24 heteroatoms. The van der Waals surface area contributed by atoms with Crippen LogP contribution in [0.2, 0.25) is 0 Å². The fourth-order valence-corrected chi connectivity index (χ4v) is 12.8. The van der Waals surface area contributed by atoms with Gasteiger partial charge in [-0.3, -0.25) is 28.6 Å². The number of rotatable bonds is 14. The van der Waals surface area contributed by atoms with Crippen LogP contribution in [0.5, 0.6) is 40.8 Å². The van der Waals surface area contributed by atoms with Gasteiger partial charge >= 0.3 is 5.97 Å². The van der Waals surface area contributed by atoms with Crippen molar-refractivity contribution in [1.29, 1.82) is 0 Å². The number of hydrogen-bond acceptors (Lipinski definition) is 21. The van der Waals surface area contributed by atoms with E-state index in [9.17, 15) is 64.8 Å². The maximum absolute atomic E-state index is 14.1. The van der Waals surface area contributed by atoms with E-state index in [1.807, 2.05) is 4.90 Å². The minimum Gasteiger partial charge on any atom is -0.507 e. The van der Waals surface area contributed by atoms with Gasteiger partial charge in [-0.05, 0) is 44.6 Å². The zero-order valence-corrected chi connectivity index (χ0v) is 41.9. The lowest BCUT2D eigenvalue weighted by Gasteiger charge is -2.45. The molecule has 0 bridgehead atoms. The lowest BCUT2D eigenvalue weighted by atomic mass is 9.72. The molecule has 4 fully saturated rings.